The topological polar surface area (TPSA) is 94.8 Å². The lowest BCUT2D eigenvalue weighted by molar-refractivity contribution is -0.142. The van der Waals surface area contributed by atoms with Crippen molar-refractivity contribution in [3.05, 3.63) is 70.8 Å². The molecule has 8 heteroatoms. The number of benzene rings is 1. The third kappa shape index (κ3) is 3.60. The van der Waals surface area contributed by atoms with Gasteiger partial charge < -0.3 is 14.8 Å². The number of hydrogen-bond acceptors (Lipinski definition) is 7. The van der Waals surface area contributed by atoms with E-state index in [1.54, 1.807) is 24.5 Å². The molecule has 1 aromatic carbocycles. The first-order valence-corrected chi connectivity index (χ1v) is 8.90. The lowest BCUT2D eigenvalue weighted by Gasteiger charge is -2.14. The van der Waals surface area contributed by atoms with E-state index in [-0.39, 0.29) is 17.7 Å². The molecule has 0 aliphatic heterocycles. The molecule has 3 heterocycles. The monoisotopic (exact) mass is 390 g/mol. The van der Waals surface area contributed by atoms with Crippen LogP contribution >= 0.6 is 0 Å². The Morgan fingerprint density at radius 3 is 2.86 bits per heavy atom. The number of methoxy groups -OCH3 is 1. The first kappa shape index (κ1) is 18.4. The summed E-state index contributed by atoms with van der Waals surface area (Å²) in [4.78, 5) is 33.3. The maximum absolute atomic E-state index is 13.1. The quantitative estimate of drug-likeness (QED) is 0.523. The Kier molecular flexibility index (Phi) is 4.82. The normalized spacial score (nSPS) is 10.8. The molecule has 0 saturated heterocycles. The molecule has 146 valence electrons. The Balaban J connectivity index is 1.86. The summed E-state index contributed by atoms with van der Waals surface area (Å²) in [6, 6.07) is 12.8. The van der Waals surface area contributed by atoms with Crippen molar-refractivity contribution >= 4 is 34.0 Å². The van der Waals surface area contributed by atoms with Gasteiger partial charge in [0, 0.05) is 30.4 Å². The van der Waals surface area contributed by atoms with E-state index in [1.807, 2.05) is 30.3 Å². The van der Waals surface area contributed by atoms with E-state index in [2.05, 4.69) is 15.3 Å². The number of nitrogens with one attached hydrogen (secondary N) is 1. The SMILES string of the molecule is COc1cccn2c(=O)c(COC(C)=O)c(Nc3ccc4ncccc4c3)nc12. The number of hydrogen-bond donors (Lipinski definition) is 1. The van der Waals surface area contributed by atoms with Crippen LogP contribution in [0.4, 0.5) is 11.5 Å². The Bertz CT molecular complexity index is 1280. The second kappa shape index (κ2) is 7.59. The summed E-state index contributed by atoms with van der Waals surface area (Å²) >= 11 is 0. The highest BCUT2D eigenvalue weighted by atomic mass is 16.5. The van der Waals surface area contributed by atoms with Crippen molar-refractivity contribution in [1.29, 1.82) is 0 Å². The molecule has 0 aliphatic carbocycles. The minimum absolute atomic E-state index is 0.196. The average molecular weight is 390 g/mol. The molecule has 0 radical (unpaired) electrons. The summed E-state index contributed by atoms with van der Waals surface area (Å²) in [7, 11) is 1.51. The predicted octanol–water partition coefficient (Wildman–Crippen LogP) is 3.06. The third-order valence-electron chi connectivity index (χ3n) is 4.42. The first-order valence-electron chi connectivity index (χ1n) is 8.90. The summed E-state index contributed by atoms with van der Waals surface area (Å²) in [6.45, 7) is 1.09. The highest BCUT2D eigenvalue weighted by Gasteiger charge is 2.17. The van der Waals surface area contributed by atoms with Gasteiger partial charge in [-0.25, -0.2) is 4.98 Å². The van der Waals surface area contributed by atoms with Crippen LogP contribution in [-0.2, 0) is 16.1 Å². The van der Waals surface area contributed by atoms with E-state index in [1.165, 1.54) is 18.4 Å². The Hall–Kier alpha value is -3.94. The summed E-state index contributed by atoms with van der Waals surface area (Å²) in [5.41, 5.74) is 1.82. The summed E-state index contributed by atoms with van der Waals surface area (Å²) < 4.78 is 11.8. The van der Waals surface area contributed by atoms with Gasteiger partial charge >= 0.3 is 5.97 Å². The van der Waals surface area contributed by atoms with E-state index in [9.17, 15) is 9.59 Å². The molecular weight excluding hydrogens is 372 g/mol. The maximum Gasteiger partial charge on any atom is 0.302 e. The first-order chi connectivity index (χ1) is 14.1. The minimum atomic E-state index is -0.483. The van der Waals surface area contributed by atoms with Crippen molar-refractivity contribution in [2.75, 3.05) is 12.4 Å². The molecule has 0 fully saturated rings. The molecule has 29 heavy (non-hydrogen) atoms. The van der Waals surface area contributed by atoms with Crippen molar-refractivity contribution < 1.29 is 14.3 Å². The highest BCUT2D eigenvalue weighted by Crippen LogP contribution is 2.24. The van der Waals surface area contributed by atoms with Crippen LogP contribution in [0, 0.1) is 0 Å². The van der Waals surface area contributed by atoms with Crippen LogP contribution in [0.5, 0.6) is 5.75 Å². The van der Waals surface area contributed by atoms with Gasteiger partial charge in [-0.05, 0) is 36.4 Å². The van der Waals surface area contributed by atoms with Gasteiger partial charge in [-0.2, -0.15) is 0 Å². The Morgan fingerprint density at radius 1 is 1.21 bits per heavy atom. The Labute approximate surface area is 165 Å². The number of ether oxygens (including phenoxy) is 2. The fourth-order valence-corrected chi connectivity index (χ4v) is 3.03. The Morgan fingerprint density at radius 2 is 2.07 bits per heavy atom. The van der Waals surface area contributed by atoms with Crippen LogP contribution in [0.3, 0.4) is 0 Å². The van der Waals surface area contributed by atoms with Gasteiger partial charge in [0.05, 0.1) is 18.2 Å². The molecule has 0 atom stereocenters. The molecule has 4 aromatic rings. The number of rotatable bonds is 5. The molecule has 0 saturated carbocycles. The van der Waals surface area contributed by atoms with Crippen molar-refractivity contribution in [1.82, 2.24) is 14.4 Å². The zero-order chi connectivity index (χ0) is 20.4. The number of aromatic nitrogens is 3. The fraction of sp³-hybridized carbons (Fsp3) is 0.143. The zero-order valence-electron chi connectivity index (χ0n) is 15.9. The number of pyridine rings is 2. The summed E-state index contributed by atoms with van der Waals surface area (Å²) in [6.07, 6.45) is 3.32. The molecule has 3 aromatic heterocycles. The second-order valence-electron chi connectivity index (χ2n) is 6.33. The highest BCUT2D eigenvalue weighted by molar-refractivity contribution is 5.83. The van der Waals surface area contributed by atoms with Crippen LogP contribution in [0.2, 0.25) is 0 Å². The number of carbonyl (C=O) groups excluding carboxylic acids is 1. The van der Waals surface area contributed by atoms with Crippen molar-refractivity contribution in [2.45, 2.75) is 13.5 Å². The lowest BCUT2D eigenvalue weighted by atomic mass is 10.2. The van der Waals surface area contributed by atoms with Crippen molar-refractivity contribution in [2.24, 2.45) is 0 Å². The van der Waals surface area contributed by atoms with Gasteiger partial charge in [0.2, 0.25) is 0 Å². The van der Waals surface area contributed by atoms with Crippen LogP contribution in [0.1, 0.15) is 12.5 Å². The van der Waals surface area contributed by atoms with Crippen LogP contribution in [-0.4, -0.2) is 27.4 Å². The van der Waals surface area contributed by atoms with Crippen LogP contribution in [0.15, 0.2) is 59.7 Å². The zero-order valence-corrected chi connectivity index (χ0v) is 15.9. The smallest absolute Gasteiger partial charge is 0.302 e. The van der Waals surface area contributed by atoms with Gasteiger partial charge in [-0.1, -0.05) is 6.07 Å². The van der Waals surface area contributed by atoms with E-state index < -0.39 is 5.97 Å². The summed E-state index contributed by atoms with van der Waals surface area (Å²) in [5, 5.41) is 4.11. The number of esters is 1. The predicted molar refractivity (Wildman–Crippen MR) is 109 cm³/mol. The average Bonchev–Trinajstić information content (AvgIpc) is 2.73. The molecule has 0 spiro atoms. The van der Waals surface area contributed by atoms with Crippen LogP contribution < -0.4 is 15.6 Å². The number of nitrogens with zero attached hydrogens (tertiary/aromatic N) is 3. The molecule has 0 unspecified atom stereocenters. The van der Waals surface area contributed by atoms with E-state index in [0.29, 0.717) is 17.2 Å². The van der Waals surface area contributed by atoms with Crippen molar-refractivity contribution in [3.63, 3.8) is 0 Å². The second-order valence-corrected chi connectivity index (χ2v) is 6.33. The van der Waals surface area contributed by atoms with Gasteiger partial charge in [-0.15, -0.1) is 0 Å². The van der Waals surface area contributed by atoms with E-state index >= 15 is 0 Å². The molecule has 4 rings (SSSR count). The molecule has 1 N–H and O–H groups in total. The van der Waals surface area contributed by atoms with Gasteiger partial charge in [-0.3, -0.25) is 19.0 Å². The molecule has 0 amide bonds. The van der Waals surface area contributed by atoms with E-state index in [0.717, 1.165) is 16.6 Å². The number of carbonyl (C=O) groups is 1. The van der Waals surface area contributed by atoms with Crippen LogP contribution in [0.25, 0.3) is 16.6 Å². The van der Waals surface area contributed by atoms with Crippen molar-refractivity contribution in [3.8, 4) is 5.75 Å². The number of anilines is 2. The van der Waals surface area contributed by atoms with Gasteiger partial charge in [0.15, 0.2) is 11.4 Å². The largest absolute Gasteiger partial charge is 0.493 e. The molecular formula is C21H18N4O4. The summed E-state index contributed by atoms with van der Waals surface area (Å²) in [5.74, 6) is 0.265. The maximum atomic E-state index is 13.1. The minimum Gasteiger partial charge on any atom is -0.493 e. The molecule has 0 aliphatic rings. The van der Waals surface area contributed by atoms with Gasteiger partial charge in [0.25, 0.3) is 5.56 Å². The van der Waals surface area contributed by atoms with Gasteiger partial charge in [0.1, 0.15) is 12.4 Å². The van der Waals surface area contributed by atoms with E-state index in [4.69, 9.17) is 9.47 Å². The number of fused-ring (bicyclic) bond motifs is 2. The molecule has 0 bridgehead atoms. The standard InChI is InChI=1S/C21H18N4O4/c1-13(26)29-12-16-19(23-15-7-8-17-14(11-15)5-3-9-22-17)24-20-18(28-2)6-4-10-25(20)21(16)27/h3-11,23H,12H2,1-2H3. The molecule has 8 nitrogen and oxygen atoms in total. The third-order valence-corrected chi connectivity index (χ3v) is 4.42. The lowest BCUT2D eigenvalue weighted by Crippen LogP contribution is -2.23. The fourth-order valence-electron chi connectivity index (χ4n) is 3.03.